The summed E-state index contributed by atoms with van der Waals surface area (Å²) in [6.07, 6.45) is 2.94. The van der Waals surface area contributed by atoms with Crippen molar-refractivity contribution < 1.29 is 9.53 Å². The average molecular weight is 287 g/mol. The van der Waals surface area contributed by atoms with Crippen molar-refractivity contribution in [2.75, 3.05) is 6.61 Å². The lowest BCUT2D eigenvalue weighted by Gasteiger charge is -2.10. The molecule has 0 aromatic carbocycles. The van der Waals surface area contributed by atoms with Gasteiger partial charge in [-0.1, -0.05) is 6.92 Å². The Balaban J connectivity index is 2.50. The van der Waals surface area contributed by atoms with Crippen molar-refractivity contribution in [3.63, 3.8) is 0 Å². The van der Waals surface area contributed by atoms with Gasteiger partial charge in [-0.15, -0.1) is 0 Å². The Kier molecular flexibility index (Phi) is 5.42. The van der Waals surface area contributed by atoms with Crippen LogP contribution in [0.25, 0.3) is 0 Å². The van der Waals surface area contributed by atoms with Crippen LogP contribution in [0.15, 0.2) is 22.9 Å². The summed E-state index contributed by atoms with van der Waals surface area (Å²) in [5.74, 6) is -0.352. The summed E-state index contributed by atoms with van der Waals surface area (Å²) in [7, 11) is 0. The fraction of sp³-hybridized carbons (Fsp3) is 0.455. The first-order valence-corrected chi connectivity index (χ1v) is 5.95. The van der Waals surface area contributed by atoms with Crippen molar-refractivity contribution in [3.05, 3.63) is 28.5 Å². The van der Waals surface area contributed by atoms with E-state index in [2.05, 4.69) is 20.9 Å². The van der Waals surface area contributed by atoms with E-state index < -0.39 is 6.04 Å². The first-order valence-electron chi connectivity index (χ1n) is 5.16. The van der Waals surface area contributed by atoms with Crippen molar-refractivity contribution in [1.29, 1.82) is 0 Å². The van der Waals surface area contributed by atoms with Gasteiger partial charge >= 0.3 is 5.97 Å². The van der Waals surface area contributed by atoms with E-state index in [1.165, 1.54) is 0 Å². The molecule has 2 N–H and O–H groups in total. The molecule has 1 atom stereocenters. The summed E-state index contributed by atoms with van der Waals surface area (Å²) in [6, 6.07) is 3.06. The van der Waals surface area contributed by atoms with Crippen LogP contribution in [0, 0.1) is 0 Å². The van der Waals surface area contributed by atoms with Gasteiger partial charge in [-0.25, -0.2) is 4.98 Å². The van der Waals surface area contributed by atoms with E-state index >= 15 is 0 Å². The zero-order valence-electron chi connectivity index (χ0n) is 9.15. The van der Waals surface area contributed by atoms with Crippen LogP contribution in [0.3, 0.4) is 0 Å². The molecule has 88 valence electrons. The second kappa shape index (κ2) is 6.60. The molecule has 0 aliphatic carbocycles. The third kappa shape index (κ3) is 4.28. The molecule has 1 aromatic rings. The van der Waals surface area contributed by atoms with Crippen molar-refractivity contribution in [2.45, 2.75) is 25.8 Å². The van der Waals surface area contributed by atoms with Crippen LogP contribution in [0.2, 0.25) is 0 Å². The van der Waals surface area contributed by atoms with Crippen LogP contribution < -0.4 is 5.73 Å². The number of carbonyl (C=O) groups excluding carboxylic acids is 1. The van der Waals surface area contributed by atoms with Gasteiger partial charge in [0, 0.05) is 6.20 Å². The Hall–Kier alpha value is -0.940. The number of hydrogen-bond donors (Lipinski definition) is 1. The smallest absolute Gasteiger partial charge is 0.323 e. The Morgan fingerprint density at radius 1 is 1.69 bits per heavy atom. The lowest BCUT2D eigenvalue weighted by atomic mass is 10.1. The maximum Gasteiger partial charge on any atom is 0.323 e. The number of carbonyl (C=O) groups is 1. The summed E-state index contributed by atoms with van der Waals surface area (Å²) in [5, 5.41) is 0. The molecule has 0 bridgehead atoms. The maximum absolute atomic E-state index is 11.4. The first kappa shape index (κ1) is 13.1. The predicted octanol–water partition coefficient (Wildman–Crippen LogP) is 1.67. The molecule has 0 saturated heterocycles. The molecule has 1 unspecified atom stereocenters. The van der Waals surface area contributed by atoms with Crippen LogP contribution in [0.1, 0.15) is 18.9 Å². The highest BCUT2D eigenvalue weighted by molar-refractivity contribution is 9.10. The minimum Gasteiger partial charge on any atom is -0.465 e. The molecule has 0 spiro atoms. The van der Waals surface area contributed by atoms with E-state index in [1.807, 2.05) is 19.1 Å². The molecule has 16 heavy (non-hydrogen) atoms. The Labute approximate surface area is 103 Å². The number of esters is 1. The molecular formula is C11H15BrN2O2. The number of rotatable bonds is 5. The van der Waals surface area contributed by atoms with E-state index in [4.69, 9.17) is 10.5 Å². The SMILES string of the molecule is CCCOC(=O)C(N)Cc1ccnc(Br)c1. The van der Waals surface area contributed by atoms with Crippen LogP contribution in [-0.2, 0) is 16.0 Å². The molecular weight excluding hydrogens is 272 g/mol. The fourth-order valence-corrected chi connectivity index (χ4v) is 1.63. The van der Waals surface area contributed by atoms with Crippen molar-refractivity contribution in [3.8, 4) is 0 Å². The summed E-state index contributed by atoms with van der Waals surface area (Å²) < 4.78 is 5.70. The highest BCUT2D eigenvalue weighted by atomic mass is 79.9. The van der Waals surface area contributed by atoms with E-state index in [-0.39, 0.29) is 5.97 Å². The number of nitrogens with two attached hydrogens (primary N) is 1. The largest absolute Gasteiger partial charge is 0.465 e. The number of halogens is 1. The summed E-state index contributed by atoms with van der Waals surface area (Å²) in [6.45, 7) is 2.37. The molecule has 1 aromatic heterocycles. The third-order valence-electron chi connectivity index (χ3n) is 2.00. The minimum atomic E-state index is -0.610. The first-order chi connectivity index (χ1) is 7.63. The number of ether oxygens (including phenoxy) is 1. The molecule has 5 heteroatoms. The summed E-state index contributed by atoms with van der Waals surface area (Å²) in [4.78, 5) is 15.4. The monoisotopic (exact) mass is 286 g/mol. The second-order valence-electron chi connectivity index (χ2n) is 3.46. The van der Waals surface area contributed by atoms with Gasteiger partial charge in [0.2, 0.25) is 0 Å². The maximum atomic E-state index is 11.4. The van der Waals surface area contributed by atoms with E-state index in [0.717, 1.165) is 16.6 Å². The van der Waals surface area contributed by atoms with Gasteiger partial charge in [0.05, 0.1) is 6.61 Å². The zero-order valence-corrected chi connectivity index (χ0v) is 10.7. The fourth-order valence-electron chi connectivity index (χ4n) is 1.22. The predicted molar refractivity (Wildman–Crippen MR) is 64.9 cm³/mol. The van der Waals surface area contributed by atoms with Crippen LogP contribution in [0.4, 0.5) is 0 Å². The van der Waals surface area contributed by atoms with E-state index in [1.54, 1.807) is 6.20 Å². The van der Waals surface area contributed by atoms with Crippen molar-refractivity contribution in [2.24, 2.45) is 5.73 Å². The Morgan fingerprint density at radius 2 is 2.44 bits per heavy atom. The number of aromatic nitrogens is 1. The average Bonchev–Trinajstić information content (AvgIpc) is 2.25. The topological polar surface area (TPSA) is 65.2 Å². The Morgan fingerprint density at radius 3 is 3.06 bits per heavy atom. The van der Waals surface area contributed by atoms with Crippen LogP contribution in [-0.4, -0.2) is 23.6 Å². The van der Waals surface area contributed by atoms with Gasteiger partial charge < -0.3 is 10.5 Å². The zero-order chi connectivity index (χ0) is 12.0. The number of nitrogens with zero attached hydrogens (tertiary/aromatic N) is 1. The highest BCUT2D eigenvalue weighted by Crippen LogP contribution is 2.09. The van der Waals surface area contributed by atoms with Crippen LogP contribution >= 0.6 is 15.9 Å². The van der Waals surface area contributed by atoms with Crippen molar-refractivity contribution >= 4 is 21.9 Å². The van der Waals surface area contributed by atoms with Gasteiger partial charge in [-0.2, -0.15) is 0 Å². The lowest BCUT2D eigenvalue weighted by Crippen LogP contribution is -2.34. The summed E-state index contributed by atoms with van der Waals surface area (Å²) in [5.41, 5.74) is 6.69. The van der Waals surface area contributed by atoms with Crippen LogP contribution in [0.5, 0.6) is 0 Å². The number of hydrogen-bond acceptors (Lipinski definition) is 4. The van der Waals surface area contributed by atoms with Gasteiger partial charge in [-0.3, -0.25) is 4.79 Å². The van der Waals surface area contributed by atoms with E-state index in [9.17, 15) is 4.79 Å². The molecule has 0 saturated carbocycles. The molecule has 0 aliphatic rings. The normalized spacial score (nSPS) is 12.2. The van der Waals surface area contributed by atoms with Crippen molar-refractivity contribution in [1.82, 2.24) is 4.98 Å². The summed E-state index contributed by atoms with van der Waals surface area (Å²) >= 11 is 3.26. The highest BCUT2D eigenvalue weighted by Gasteiger charge is 2.15. The molecule has 0 radical (unpaired) electrons. The second-order valence-corrected chi connectivity index (χ2v) is 4.28. The Bertz CT molecular complexity index is 358. The number of pyridine rings is 1. The minimum absolute atomic E-state index is 0.352. The van der Waals surface area contributed by atoms with Gasteiger partial charge in [0.1, 0.15) is 10.6 Å². The van der Waals surface area contributed by atoms with Gasteiger partial charge in [-0.05, 0) is 46.5 Å². The van der Waals surface area contributed by atoms with E-state index in [0.29, 0.717) is 13.0 Å². The molecule has 1 heterocycles. The third-order valence-corrected chi connectivity index (χ3v) is 2.43. The molecule has 0 amide bonds. The quantitative estimate of drug-likeness (QED) is 0.661. The molecule has 0 aliphatic heterocycles. The molecule has 4 nitrogen and oxygen atoms in total. The lowest BCUT2D eigenvalue weighted by molar-refractivity contribution is -0.145. The van der Waals surface area contributed by atoms with Gasteiger partial charge in [0.15, 0.2) is 0 Å². The van der Waals surface area contributed by atoms with Gasteiger partial charge in [0.25, 0.3) is 0 Å². The molecule has 0 fully saturated rings. The molecule has 1 rings (SSSR count). The standard InChI is InChI=1S/C11H15BrN2O2/c1-2-5-16-11(15)9(13)6-8-3-4-14-10(12)7-8/h3-4,7,9H,2,5-6,13H2,1H3.